The summed E-state index contributed by atoms with van der Waals surface area (Å²) in [5, 5.41) is 1.96. The number of hydrogen-bond donors (Lipinski definition) is 0. The lowest BCUT2D eigenvalue weighted by Gasteiger charge is -2.62. The zero-order valence-corrected chi connectivity index (χ0v) is 32.8. The molecule has 4 fully saturated rings. The first-order valence-corrected chi connectivity index (χ1v) is 21.2. The maximum Gasteiger partial charge on any atom is 0.298 e. The number of halogens is 2. The first kappa shape index (κ1) is 34.7. The van der Waals surface area contributed by atoms with Crippen molar-refractivity contribution in [2.24, 2.45) is 23.7 Å². The third-order valence-electron chi connectivity index (χ3n) is 14.5. The van der Waals surface area contributed by atoms with Gasteiger partial charge in [-0.05, 0) is 128 Å². The van der Waals surface area contributed by atoms with Gasteiger partial charge in [-0.25, -0.2) is 4.98 Å². The molecule has 290 valence electrons. The highest BCUT2D eigenvalue weighted by atomic mass is 19.3. The molecule has 0 amide bonds. The van der Waals surface area contributed by atoms with Crippen LogP contribution in [0.2, 0.25) is 0 Å². The molecule has 8 aromatic rings. The van der Waals surface area contributed by atoms with Gasteiger partial charge in [0.05, 0.1) is 22.4 Å². The second kappa shape index (κ2) is 13.1. The molecule has 1 aliphatic heterocycles. The first-order chi connectivity index (χ1) is 29.0. The summed E-state index contributed by atoms with van der Waals surface area (Å²) in [6, 6.07) is 54.4. The van der Waals surface area contributed by atoms with E-state index in [0.717, 1.165) is 62.2 Å². The van der Waals surface area contributed by atoms with Crippen LogP contribution in [0.1, 0.15) is 54.4 Å². The minimum absolute atomic E-state index is 0.0422. The van der Waals surface area contributed by atoms with Gasteiger partial charge in [0.1, 0.15) is 12.5 Å². The van der Waals surface area contributed by atoms with Gasteiger partial charge in [-0.3, -0.25) is 4.57 Å². The first-order valence-electron chi connectivity index (χ1n) is 21.2. The van der Waals surface area contributed by atoms with E-state index in [1.165, 1.54) is 43.2 Å². The van der Waals surface area contributed by atoms with Gasteiger partial charge in [0.25, 0.3) is 5.92 Å². The van der Waals surface area contributed by atoms with Crippen molar-refractivity contribution in [3.05, 3.63) is 192 Å². The summed E-state index contributed by atoms with van der Waals surface area (Å²) >= 11 is 0. The monoisotopic (exact) mass is 774 g/mol. The number of rotatable bonds is 7. The van der Waals surface area contributed by atoms with Crippen LogP contribution in [0.5, 0.6) is 0 Å². The van der Waals surface area contributed by atoms with Crippen molar-refractivity contribution in [3.63, 3.8) is 0 Å². The molecule has 3 heterocycles. The number of fused-ring (bicyclic) bond motifs is 4. The van der Waals surface area contributed by atoms with Crippen molar-refractivity contribution >= 4 is 44.6 Å². The summed E-state index contributed by atoms with van der Waals surface area (Å²) in [6.45, 7) is 0.519. The van der Waals surface area contributed by atoms with Crippen molar-refractivity contribution in [1.29, 1.82) is 0 Å². The fourth-order valence-electron chi connectivity index (χ4n) is 12.3. The standard InChI is InChI=1S/C53H44F2N4/c54-53(55,39-14-11-17-44(31-39)58-34-57(43-15-5-2-6-16-43)48-20-9-10-21-49(48)58)40-22-23-46-45-18-7-8-19-47(45)59(50(46)32-40)51-33-38(24-25-56-51)52(37-12-3-1-4-13-37)41-27-35-26-36(29-41)30-42(52)28-35/h1-25,31-33,35-36,41-42H,26-30,34H2. The maximum absolute atomic E-state index is 17.2. The van der Waals surface area contributed by atoms with E-state index >= 15 is 8.78 Å². The van der Waals surface area contributed by atoms with Gasteiger partial charge in [0, 0.05) is 44.9 Å². The number of alkyl halides is 2. The SMILES string of the molecule is FC(F)(c1cccc(N2CN(c3ccccc3)c3ccccc32)c1)c1ccc2c3ccccc3n(-c3cc(C4(c5ccccc5)C5CC6CC(C5)CC4C6)ccn3)c2c1. The van der Waals surface area contributed by atoms with Crippen LogP contribution in [0.15, 0.2) is 170 Å². The average Bonchev–Trinajstić information content (AvgIpc) is 3.83. The third-order valence-corrected chi connectivity index (χ3v) is 14.5. The largest absolute Gasteiger partial charge is 0.321 e. The highest BCUT2D eigenvalue weighted by Gasteiger charge is 2.58. The molecule has 13 rings (SSSR count). The molecule has 4 nitrogen and oxygen atoms in total. The topological polar surface area (TPSA) is 24.3 Å². The van der Waals surface area contributed by atoms with Gasteiger partial charge in [0.2, 0.25) is 0 Å². The summed E-state index contributed by atoms with van der Waals surface area (Å²) in [5.41, 5.74) is 8.04. The van der Waals surface area contributed by atoms with Gasteiger partial charge >= 0.3 is 0 Å². The Kier molecular flexibility index (Phi) is 7.73. The summed E-state index contributed by atoms with van der Waals surface area (Å²) in [5.74, 6) is 0.303. The number of benzene rings is 6. The van der Waals surface area contributed by atoms with Crippen LogP contribution in [-0.4, -0.2) is 16.2 Å². The Morgan fingerprint density at radius 3 is 1.86 bits per heavy atom. The van der Waals surface area contributed by atoms with Crippen LogP contribution in [0.4, 0.5) is 31.5 Å². The molecule has 0 saturated heterocycles. The lowest BCUT2D eigenvalue weighted by Crippen LogP contribution is -2.56. The molecule has 0 spiro atoms. The lowest BCUT2D eigenvalue weighted by molar-refractivity contribution is -0.0418. The Balaban J connectivity index is 0.964. The Labute approximate surface area is 343 Å². The van der Waals surface area contributed by atoms with E-state index in [-0.39, 0.29) is 16.5 Å². The maximum atomic E-state index is 17.2. The number of hydrogen-bond acceptors (Lipinski definition) is 3. The van der Waals surface area contributed by atoms with Crippen molar-refractivity contribution < 1.29 is 8.78 Å². The zero-order chi connectivity index (χ0) is 39.3. The van der Waals surface area contributed by atoms with Crippen LogP contribution in [0.3, 0.4) is 0 Å². The molecule has 2 aromatic heterocycles. The number of aromatic nitrogens is 2. The molecule has 59 heavy (non-hydrogen) atoms. The number of anilines is 4. The smallest absolute Gasteiger partial charge is 0.298 e. The minimum atomic E-state index is -3.27. The predicted octanol–water partition coefficient (Wildman–Crippen LogP) is 13.3. The number of pyridine rings is 1. The van der Waals surface area contributed by atoms with Crippen molar-refractivity contribution in [2.75, 3.05) is 16.5 Å². The van der Waals surface area contributed by atoms with Crippen LogP contribution >= 0.6 is 0 Å². The van der Waals surface area contributed by atoms with Crippen LogP contribution in [0.25, 0.3) is 27.6 Å². The predicted molar refractivity (Wildman–Crippen MR) is 234 cm³/mol. The Bertz CT molecular complexity index is 2860. The van der Waals surface area contributed by atoms with Crippen LogP contribution < -0.4 is 9.80 Å². The van der Waals surface area contributed by atoms with Gasteiger partial charge < -0.3 is 9.80 Å². The number of para-hydroxylation sites is 4. The Morgan fingerprint density at radius 1 is 0.508 bits per heavy atom. The Hall–Kier alpha value is -6.27. The van der Waals surface area contributed by atoms with Crippen molar-refractivity contribution in [2.45, 2.75) is 43.4 Å². The zero-order valence-electron chi connectivity index (χ0n) is 32.8. The molecule has 4 saturated carbocycles. The molecule has 0 radical (unpaired) electrons. The van der Waals surface area contributed by atoms with Crippen LogP contribution in [-0.2, 0) is 11.3 Å². The van der Waals surface area contributed by atoms with Gasteiger partial charge in [-0.2, -0.15) is 8.78 Å². The molecule has 6 aromatic carbocycles. The number of nitrogens with zero attached hydrogens (tertiary/aromatic N) is 4. The molecule has 6 heteroatoms. The molecule has 4 aliphatic carbocycles. The summed E-state index contributed by atoms with van der Waals surface area (Å²) < 4.78 is 36.5. The third kappa shape index (κ3) is 5.21. The van der Waals surface area contributed by atoms with Gasteiger partial charge in [-0.15, -0.1) is 0 Å². The summed E-state index contributed by atoms with van der Waals surface area (Å²) in [4.78, 5) is 9.38. The fourth-order valence-corrected chi connectivity index (χ4v) is 12.3. The van der Waals surface area contributed by atoms with E-state index in [2.05, 4.69) is 93.2 Å². The molecule has 0 unspecified atom stereocenters. The van der Waals surface area contributed by atoms with E-state index in [0.29, 0.717) is 18.5 Å². The van der Waals surface area contributed by atoms with Gasteiger partial charge in [-0.1, -0.05) is 103 Å². The van der Waals surface area contributed by atoms with E-state index in [4.69, 9.17) is 4.98 Å². The molecule has 0 atom stereocenters. The summed E-state index contributed by atoms with van der Waals surface area (Å²) in [6.07, 6.45) is 8.42. The normalized spacial score (nSPS) is 23.4. The molecule has 4 bridgehead atoms. The molecule has 0 N–H and O–H groups in total. The second-order valence-corrected chi connectivity index (χ2v) is 17.5. The van der Waals surface area contributed by atoms with E-state index in [1.54, 1.807) is 30.3 Å². The minimum Gasteiger partial charge on any atom is -0.321 e. The van der Waals surface area contributed by atoms with Crippen molar-refractivity contribution in [3.8, 4) is 5.82 Å². The van der Waals surface area contributed by atoms with E-state index in [1.807, 2.05) is 60.8 Å². The molecular formula is C53H44F2N4. The average molecular weight is 775 g/mol. The Morgan fingerprint density at radius 2 is 1.12 bits per heavy atom. The molecular weight excluding hydrogens is 731 g/mol. The van der Waals surface area contributed by atoms with Crippen LogP contribution in [0, 0.1) is 23.7 Å². The van der Waals surface area contributed by atoms with Crippen molar-refractivity contribution in [1.82, 2.24) is 9.55 Å². The van der Waals surface area contributed by atoms with Gasteiger partial charge in [0.15, 0.2) is 0 Å². The second-order valence-electron chi connectivity index (χ2n) is 17.5. The molecule has 5 aliphatic rings. The van der Waals surface area contributed by atoms with E-state index in [9.17, 15) is 0 Å². The fraction of sp³-hybridized carbons (Fsp3) is 0.226. The highest BCUT2D eigenvalue weighted by Crippen LogP contribution is 2.65. The lowest BCUT2D eigenvalue weighted by atomic mass is 9.42. The highest BCUT2D eigenvalue weighted by molar-refractivity contribution is 6.09. The van der Waals surface area contributed by atoms with E-state index < -0.39 is 5.92 Å². The summed E-state index contributed by atoms with van der Waals surface area (Å²) in [7, 11) is 0. The quantitative estimate of drug-likeness (QED) is 0.161.